The van der Waals surface area contributed by atoms with Crippen LogP contribution in [0, 0.1) is 6.42 Å². The van der Waals surface area contributed by atoms with Crippen molar-refractivity contribution in [2.45, 2.75) is 48.3 Å². The van der Waals surface area contributed by atoms with Crippen molar-refractivity contribution < 1.29 is 32.7 Å². The second-order valence-corrected chi connectivity index (χ2v) is 5.08. The minimum Gasteiger partial charge on any atom is -0.335 e. The van der Waals surface area contributed by atoms with Crippen LogP contribution >= 0.6 is 0 Å². The molecule has 0 bridgehead atoms. The third-order valence-electron chi connectivity index (χ3n) is 0. The molecule has 2 radical (unpaired) electrons. The third-order valence-corrected chi connectivity index (χ3v) is 0. The van der Waals surface area contributed by atoms with Crippen LogP contribution in [0.25, 0.3) is 0 Å². The SMILES string of the molecule is C.C.C[CH-]C.C[Si](C)C.[Y]. The molecule has 0 spiro atoms. The second-order valence-electron chi connectivity index (χ2n) is 2.08. The molecule has 0 rings (SSSR count). The van der Waals surface area contributed by atoms with Gasteiger partial charge in [-0.15, -0.1) is 0 Å². The van der Waals surface area contributed by atoms with E-state index in [1.807, 2.05) is 20.3 Å². The van der Waals surface area contributed by atoms with E-state index in [0.717, 1.165) is 0 Å². The molecule has 0 unspecified atom stereocenters. The van der Waals surface area contributed by atoms with E-state index in [1.54, 1.807) is 0 Å². The van der Waals surface area contributed by atoms with E-state index in [9.17, 15) is 0 Å². The van der Waals surface area contributed by atoms with Crippen LogP contribution in [-0.4, -0.2) is 8.80 Å². The molecular formula is C8H24SiY-. The topological polar surface area (TPSA) is 0 Å². The van der Waals surface area contributed by atoms with Crippen molar-refractivity contribution in [1.29, 1.82) is 0 Å². The molecule has 0 aliphatic carbocycles. The molecule has 0 atom stereocenters. The van der Waals surface area contributed by atoms with Crippen LogP contribution in [0.4, 0.5) is 0 Å². The van der Waals surface area contributed by atoms with Gasteiger partial charge in [0, 0.05) is 41.5 Å². The Morgan fingerprint density at radius 2 is 0.900 bits per heavy atom. The molecule has 0 saturated heterocycles. The van der Waals surface area contributed by atoms with E-state index in [0.29, 0.717) is 0 Å². The Kier molecular flexibility index (Phi) is 95.6. The first-order valence-corrected chi connectivity index (χ1v) is 5.65. The Labute approximate surface area is 95.7 Å². The average Bonchev–Trinajstić information content (AvgIpc) is 1.33. The Balaban J connectivity index is -0.0000000131. The van der Waals surface area contributed by atoms with E-state index in [2.05, 4.69) is 19.6 Å². The number of hydrogen-bond donors (Lipinski definition) is 0. The molecule has 2 heteroatoms. The monoisotopic (exact) mass is 237 g/mol. The van der Waals surface area contributed by atoms with Crippen molar-refractivity contribution in [3.63, 3.8) is 0 Å². The summed E-state index contributed by atoms with van der Waals surface area (Å²) in [6.07, 6.45) is 2.00. The minimum absolute atomic E-state index is 0. The van der Waals surface area contributed by atoms with Crippen LogP contribution in [0.3, 0.4) is 0 Å². The van der Waals surface area contributed by atoms with E-state index in [1.165, 1.54) is 0 Å². The largest absolute Gasteiger partial charge is 0.335 e. The maximum Gasteiger partial charge on any atom is 0.0379 e. The van der Waals surface area contributed by atoms with Crippen LogP contribution in [0.5, 0.6) is 0 Å². The molecular weight excluding hydrogens is 213 g/mol. The Morgan fingerprint density at radius 1 is 0.900 bits per heavy atom. The fourth-order valence-electron chi connectivity index (χ4n) is 0. The standard InChI is InChI=1S/C3H9Si.C3H7.2CH4.Y/c1-4(2)3;1-3-2;;;/h1-3H3;3H,1-2H3;2*1H4;/q;-1;;;. The summed E-state index contributed by atoms with van der Waals surface area (Å²) < 4.78 is 0. The van der Waals surface area contributed by atoms with Crippen LogP contribution in [-0.2, 0) is 32.7 Å². The Bertz CT molecular complexity index is 20.5. The molecule has 0 amide bonds. The maximum atomic E-state index is 2.27. The van der Waals surface area contributed by atoms with Gasteiger partial charge in [0.05, 0.1) is 0 Å². The molecule has 0 fully saturated rings. The van der Waals surface area contributed by atoms with Crippen LogP contribution in [0.2, 0.25) is 19.6 Å². The van der Waals surface area contributed by atoms with Crippen molar-refractivity contribution >= 4 is 8.80 Å². The zero-order chi connectivity index (χ0) is 6.28. The summed E-state index contributed by atoms with van der Waals surface area (Å²) in [7, 11) is 0.120. The van der Waals surface area contributed by atoms with Crippen molar-refractivity contribution in [1.82, 2.24) is 0 Å². The second kappa shape index (κ2) is 31.7. The van der Waals surface area contributed by atoms with E-state index < -0.39 is 0 Å². The summed E-state index contributed by atoms with van der Waals surface area (Å²) in [6, 6.07) is 0. The molecule has 0 aliphatic heterocycles. The molecule has 0 N–H and O–H groups in total. The van der Waals surface area contributed by atoms with Gasteiger partial charge in [0.1, 0.15) is 0 Å². The summed E-state index contributed by atoms with van der Waals surface area (Å²) in [5, 5.41) is 0. The predicted molar refractivity (Wildman–Crippen MR) is 52.5 cm³/mol. The van der Waals surface area contributed by atoms with Gasteiger partial charge in [0.2, 0.25) is 0 Å². The van der Waals surface area contributed by atoms with Gasteiger partial charge >= 0.3 is 0 Å². The fraction of sp³-hybridized carbons (Fsp3) is 0.875. The predicted octanol–water partition coefficient (Wildman–Crippen LogP) is 3.87. The zero-order valence-electron chi connectivity index (χ0n) is 6.65. The zero-order valence-corrected chi connectivity index (χ0v) is 10.5. The minimum atomic E-state index is 0. The van der Waals surface area contributed by atoms with Crippen molar-refractivity contribution in [2.75, 3.05) is 0 Å². The first-order valence-electron chi connectivity index (χ1n) is 2.65. The van der Waals surface area contributed by atoms with Crippen LogP contribution in [0.1, 0.15) is 28.7 Å². The van der Waals surface area contributed by atoms with Gasteiger partial charge in [0.15, 0.2) is 0 Å². The van der Waals surface area contributed by atoms with Gasteiger partial charge in [-0.25, -0.2) is 0 Å². The smallest absolute Gasteiger partial charge is 0.0379 e. The van der Waals surface area contributed by atoms with Gasteiger partial charge in [-0.1, -0.05) is 34.5 Å². The van der Waals surface area contributed by atoms with Crippen LogP contribution < -0.4 is 0 Å². The quantitative estimate of drug-likeness (QED) is 0.443. The third kappa shape index (κ3) is 370. The van der Waals surface area contributed by atoms with Crippen LogP contribution in [0.15, 0.2) is 0 Å². The average molecular weight is 237 g/mol. The molecule has 0 aliphatic rings. The van der Waals surface area contributed by atoms with Crippen molar-refractivity contribution in [2.24, 2.45) is 0 Å². The van der Waals surface area contributed by atoms with Gasteiger partial charge in [0.25, 0.3) is 0 Å². The molecule has 0 aromatic rings. The Hall–Kier alpha value is 1.32. The fourth-order valence-corrected chi connectivity index (χ4v) is 0. The van der Waals surface area contributed by atoms with Gasteiger partial charge < -0.3 is 6.42 Å². The van der Waals surface area contributed by atoms with Gasteiger partial charge in [-0.2, -0.15) is 13.8 Å². The summed E-state index contributed by atoms with van der Waals surface area (Å²) in [5.74, 6) is 0. The summed E-state index contributed by atoms with van der Waals surface area (Å²) >= 11 is 0. The molecule has 0 heterocycles. The summed E-state index contributed by atoms with van der Waals surface area (Å²) in [6.45, 7) is 10.8. The van der Waals surface area contributed by atoms with Crippen molar-refractivity contribution in [3.05, 3.63) is 6.42 Å². The van der Waals surface area contributed by atoms with Gasteiger partial charge in [-0.3, -0.25) is 0 Å². The molecule has 10 heavy (non-hydrogen) atoms. The van der Waals surface area contributed by atoms with E-state index in [-0.39, 0.29) is 56.4 Å². The molecule has 0 saturated carbocycles. The first kappa shape index (κ1) is 30.2. The van der Waals surface area contributed by atoms with E-state index in [4.69, 9.17) is 0 Å². The molecule has 0 aromatic carbocycles. The maximum absolute atomic E-state index is 2.27. The molecule has 0 aromatic heterocycles. The summed E-state index contributed by atoms with van der Waals surface area (Å²) in [4.78, 5) is 0. The van der Waals surface area contributed by atoms with E-state index >= 15 is 0 Å². The first-order chi connectivity index (χ1) is 3.15. The summed E-state index contributed by atoms with van der Waals surface area (Å²) in [5.41, 5.74) is 0. The molecule has 64 valence electrons. The number of rotatable bonds is 0. The van der Waals surface area contributed by atoms with Crippen molar-refractivity contribution in [3.8, 4) is 0 Å². The molecule has 0 nitrogen and oxygen atoms in total. The Morgan fingerprint density at radius 3 is 0.900 bits per heavy atom. The van der Waals surface area contributed by atoms with Gasteiger partial charge in [-0.05, 0) is 0 Å². The normalized spacial score (nSPS) is 5.40. The number of hydrogen-bond acceptors (Lipinski definition) is 0.